The zero-order valence-corrected chi connectivity index (χ0v) is 67.4. The van der Waals surface area contributed by atoms with Crippen LogP contribution in [-0.4, -0.2) is 285 Å². The zero-order chi connectivity index (χ0) is 89.3. The third-order valence-electron chi connectivity index (χ3n) is 18.4. The highest BCUT2D eigenvalue weighted by atomic mass is 32.2. The molecule has 118 heavy (non-hydrogen) atoms. The Labute approximate surface area is 684 Å². The number of unbranched alkanes of at least 4 members (excludes halogenated alkanes) is 2. The molecule has 666 valence electrons. The van der Waals surface area contributed by atoms with Gasteiger partial charge in [0.2, 0.25) is 76.8 Å². The summed E-state index contributed by atoms with van der Waals surface area (Å²) < 4.78 is 0. The van der Waals surface area contributed by atoms with Crippen molar-refractivity contribution in [1.82, 2.24) is 63.4 Å². The number of carbonyl (C=O) groups is 18. The van der Waals surface area contributed by atoms with Gasteiger partial charge in [-0.1, -0.05) is 20.3 Å². The normalized spacial score (nSPS) is 15.5. The van der Waals surface area contributed by atoms with Gasteiger partial charge in [-0.05, 0) is 147 Å². The fourth-order valence-electron chi connectivity index (χ4n) is 11.8. The number of hydrogen-bond donors (Lipinski definition) is 26. The molecule has 0 unspecified atom stereocenters. The van der Waals surface area contributed by atoms with Crippen molar-refractivity contribution < 1.29 is 112 Å². The minimum absolute atomic E-state index is 0.0169. The number of nitrogens with one attached hydrogen (secondary N) is 11. The van der Waals surface area contributed by atoms with Crippen molar-refractivity contribution >= 4 is 136 Å². The van der Waals surface area contributed by atoms with Crippen molar-refractivity contribution in [3.05, 3.63) is 0 Å². The lowest BCUT2D eigenvalue weighted by molar-refractivity contribution is -0.144. The van der Waals surface area contributed by atoms with Crippen LogP contribution in [0.4, 0.5) is 0 Å². The largest absolute Gasteiger partial charge is 0.481 e. The Morgan fingerprint density at radius 2 is 0.737 bits per heavy atom. The third-order valence-corrected chi connectivity index (χ3v) is 19.0. The van der Waals surface area contributed by atoms with Crippen molar-refractivity contribution in [3.63, 3.8) is 0 Å². The van der Waals surface area contributed by atoms with Gasteiger partial charge in [0.25, 0.3) is 0 Å². The number of amides is 13. The number of aliphatic imine (C=N–C) groups is 3. The van der Waals surface area contributed by atoms with Crippen LogP contribution in [0.1, 0.15) is 168 Å². The molecule has 0 radical (unpaired) electrons. The van der Waals surface area contributed by atoms with Crippen molar-refractivity contribution in [2.45, 2.75) is 246 Å². The summed E-state index contributed by atoms with van der Waals surface area (Å²) in [5.74, 6) is -23.3. The SMILES string of the molecule is CC[C@H](C)[C@H](NC(=O)[C@H](CCCCN)NC(=O)[C@H](CC(=O)O)NC(=O)[C@@H](N)CCCN=C(N)N)C(=O)N1CCC[C@H]1C(=O)N[C@@H](CCC(=O)O)C(=O)N[C@@H](CCC(=O)O)C(=O)N[C@@H](CC(=O)O)C(=O)N[C@@H](CCCN=C(N)N)C(=O)N[C@@H](CCCN=C(N)N)C(=O)N[C@@H](CCCCN)C(=O)N[C@@H](CCSC)C(=O)N[C@@H](CCC(N)=O)C(=O)O. The van der Waals surface area contributed by atoms with Gasteiger partial charge < -0.3 is 146 Å². The van der Waals surface area contributed by atoms with Crippen LogP contribution in [-0.2, 0) is 86.3 Å². The smallest absolute Gasteiger partial charge is 0.326 e. The molecule has 0 aliphatic carbocycles. The standard InChI is InChI=1S/C69H121N25O23S/c1-4-35(2)53(93-61(111)38(15-6-8-27-71)85-62(112)45(33-51(100)101)91-54(104)36(72)13-9-28-80-67(74)75)65(115)94-31-12-18-47(94)64(114)89-42(21-24-50(98)99)58(108)87-41(20-23-49(96)97)59(109)92-46(34-52(102)103)63(113)86-40(17-11-30-82-69(78)79)57(107)84-39(16-10-29-81-68(76)77)56(106)83-37(14-5-7-26-70)55(105)88-43(25-32-118-3)60(110)90-44(66(116)117)19-22-48(73)95/h35-47,53H,4-34,70-72H2,1-3H3,(H2,73,95)(H,83,106)(H,84,107)(H,85,112)(H,86,113)(H,87,108)(H,88,105)(H,89,114)(H,90,110)(H,91,104)(H,92,109)(H,93,111)(H,96,97)(H,98,99)(H,100,101)(H,102,103)(H,116,117)(H4,74,75,80)(H4,76,77,81)(H4,78,79,82)/t35-,36-,37-,38-,39-,40-,41-,42-,43-,44-,45-,46-,47-,53-/m0/s1. The van der Waals surface area contributed by atoms with E-state index in [1.165, 1.54) is 11.8 Å². The molecule has 48 nitrogen and oxygen atoms in total. The van der Waals surface area contributed by atoms with Crippen LogP contribution in [0, 0.1) is 5.92 Å². The summed E-state index contributed by atoms with van der Waals surface area (Å²) in [7, 11) is 0. The Morgan fingerprint density at radius 3 is 1.09 bits per heavy atom. The Hall–Kier alpha value is -11.5. The molecular formula is C69H121N25O23S. The van der Waals surface area contributed by atoms with Gasteiger partial charge in [-0.15, -0.1) is 0 Å². The number of rotatable bonds is 62. The van der Waals surface area contributed by atoms with E-state index in [1.54, 1.807) is 20.1 Å². The maximum absolute atomic E-state index is 14.8. The van der Waals surface area contributed by atoms with E-state index in [4.69, 9.17) is 57.3 Å². The average Bonchev–Trinajstić information content (AvgIpc) is 1.61. The minimum Gasteiger partial charge on any atom is -0.481 e. The monoisotopic (exact) mass is 1700 g/mol. The summed E-state index contributed by atoms with van der Waals surface area (Å²) in [6, 6.07) is -21.5. The summed E-state index contributed by atoms with van der Waals surface area (Å²) in [6.45, 7) is 3.17. The molecule has 1 rings (SSSR count). The van der Waals surface area contributed by atoms with E-state index in [9.17, 15) is 112 Å². The van der Waals surface area contributed by atoms with Gasteiger partial charge in [-0.3, -0.25) is 96.5 Å². The van der Waals surface area contributed by atoms with Gasteiger partial charge >= 0.3 is 29.8 Å². The second-order valence-corrected chi connectivity index (χ2v) is 28.9. The van der Waals surface area contributed by atoms with E-state index in [0.29, 0.717) is 12.8 Å². The lowest BCUT2D eigenvalue weighted by Crippen LogP contribution is -2.61. The number of hydrogen-bond acceptors (Lipinski definition) is 25. The van der Waals surface area contributed by atoms with E-state index in [0.717, 1.165) is 4.90 Å². The van der Waals surface area contributed by atoms with Crippen LogP contribution in [0.15, 0.2) is 15.0 Å². The molecular weight excluding hydrogens is 1580 g/mol. The third kappa shape index (κ3) is 42.4. The van der Waals surface area contributed by atoms with E-state index < -0.39 is 255 Å². The van der Waals surface area contributed by atoms with Gasteiger partial charge in [0.15, 0.2) is 17.9 Å². The van der Waals surface area contributed by atoms with Crippen LogP contribution < -0.4 is 116 Å². The number of carboxylic acid groups (broad SMARTS) is 5. The summed E-state index contributed by atoms with van der Waals surface area (Å²) in [4.78, 5) is 256. The minimum atomic E-state index is -2.21. The molecule has 1 aliphatic rings. The zero-order valence-electron chi connectivity index (χ0n) is 66.6. The molecule has 0 saturated carbocycles. The quantitative estimate of drug-likeness (QED) is 0.0153. The predicted molar refractivity (Wildman–Crippen MR) is 426 cm³/mol. The molecule has 36 N–H and O–H groups in total. The highest BCUT2D eigenvalue weighted by Crippen LogP contribution is 2.23. The number of guanidine groups is 3. The van der Waals surface area contributed by atoms with Crippen LogP contribution in [0.2, 0.25) is 0 Å². The molecule has 0 aromatic rings. The Kier molecular flexibility index (Phi) is 50.2. The number of primary amides is 1. The van der Waals surface area contributed by atoms with E-state index in [1.807, 2.05) is 0 Å². The molecule has 0 spiro atoms. The highest BCUT2D eigenvalue weighted by molar-refractivity contribution is 7.98. The molecule has 0 aromatic carbocycles. The Bertz CT molecular complexity index is 3490. The lowest BCUT2D eigenvalue weighted by Gasteiger charge is -2.33. The van der Waals surface area contributed by atoms with Crippen molar-refractivity contribution in [3.8, 4) is 0 Å². The summed E-state index contributed by atoms with van der Waals surface area (Å²) in [5.41, 5.74) is 55.5. The first-order chi connectivity index (χ1) is 55.6. The molecule has 1 aliphatic heterocycles. The number of thioether (sulfide) groups is 1. The maximum atomic E-state index is 14.8. The van der Waals surface area contributed by atoms with Gasteiger partial charge in [0.05, 0.1) is 18.9 Å². The lowest BCUT2D eigenvalue weighted by atomic mass is 9.96. The summed E-state index contributed by atoms with van der Waals surface area (Å²) in [6.07, 6.45) is -4.28. The van der Waals surface area contributed by atoms with Crippen LogP contribution in [0.25, 0.3) is 0 Å². The highest BCUT2D eigenvalue weighted by Gasteiger charge is 2.43. The molecule has 1 fully saturated rings. The number of aliphatic carboxylic acids is 5. The number of nitrogens with two attached hydrogens (primary N) is 10. The van der Waals surface area contributed by atoms with Crippen molar-refractivity contribution in [2.24, 2.45) is 78.2 Å². The first-order valence-corrected chi connectivity index (χ1v) is 39.8. The maximum Gasteiger partial charge on any atom is 0.326 e. The molecule has 1 heterocycles. The van der Waals surface area contributed by atoms with Gasteiger partial charge in [0, 0.05) is 45.4 Å². The molecule has 14 atom stereocenters. The fraction of sp³-hybridized carbons (Fsp3) is 0.696. The molecule has 0 aromatic heterocycles. The molecule has 0 bridgehead atoms. The number of likely N-dealkylation sites (tertiary alicyclic amines) is 1. The van der Waals surface area contributed by atoms with Crippen LogP contribution in [0.3, 0.4) is 0 Å². The van der Waals surface area contributed by atoms with Crippen LogP contribution in [0.5, 0.6) is 0 Å². The van der Waals surface area contributed by atoms with Gasteiger partial charge in [0.1, 0.15) is 72.5 Å². The Morgan fingerprint density at radius 1 is 0.407 bits per heavy atom. The van der Waals surface area contributed by atoms with Crippen molar-refractivity contribution in [2.75, 3.05) is 51.3 Å². The van der Waals surface area contributed by atoms with E-state index in [2.05, 4.69) is 73.5 Å². The number of carbonyl (C=O) groups excluding carboxylic acids is 13. The second kappa shape index (κ2) is 56.7. The topological polar surface area (TPSA) is 841 Å². The Balaban J connectivity index is 3.84. The fourth-order valence-corrected chi connectivity index (χ4v) is 12.2. The number of nitrogens with zero attached hydrogens (tertiary/aromatic N) is 4. The molecule has 49 heteroatoms. The van der Waals surface area contributed by atoms with E-state index in [-0.39, 0.29) is 140 Å². The first-order valence-electron chi connectivity index (χ1n) is 38.4. The van der Waals surface area contributed by atoms with Crippen molar-refractivity contribution in [1.29, 1.82) is 0 Å². The molecule has 13 amide bonds. The average molecular weight is 1700 g/mol. The van der Waals surface area contributed by atoms with Gasteiger partial charge in [-0.25, -0.2) is 4.79 Å². The first kappa shape index (κ1) is 105. The van der Waals surface area contributed by atoms with Gasteiger partial charge in [-0.2, -0.15) is 11.8 Å². The second-order valence-electron chi connectivity index (χ2n) is 27.9. The number of carboxylic acids is 5. The van der Waals surface area contributed by atoms with E-state index >= 15 is 0 Å². The molecule has 1 saturated heterocycles. The van der Waals surface area contributed by atoms with Crippen LogP contribution >= 0.6 is 11.8 Å². The summed E-state index contributed by atoms with van der Waals surface area (Å²) in [5, 5.41) is 75.7. The summed E-state index contributed by atoms with van der Waals surface area (Å²) >= 11 is 1.27. The predicted octanol–water partition coefficient (Wildman–Crippen LogP) is -9.12.